The molecule has 4 atom stereocenters. The Morgan fingerprint density at radius 2 is 2.00 bits per heavy atom. The molecule has 0 saturated carbocycles. The van der Waals surface area contributed by atoms with Gasteiger partial charge in [-0.05, 0) is 38.0 Å². The minimum atomic E-state index is 0.0718. The van der Waals surface area contributed by atoms with Crippen LogP contribution in [0.4, 0.5) is 0 Å². The minimum absolute atomic E-state index is 0.0718. The predicted octanol–water partition coefficient (Wildman–Crippen LogP) is 3.22. The molecule has 3 nitrogen and oxygen atoms in total. The molecule has 2 aliphatic rings. The van der Waals surface area contributed by atoms with Crippen molar-refractivity contribution in [2.45, 2.75) is 53.5 Å². The van der Waals surface area contributed by atoms with E-state index < -0.39 is 0 Å². The second-order valence-corrected chi connectivity index (χ2v) is 6.10. The first-order valence-electron chi connectivity index (χ1n) is 6.91. The number of hydrazone groups is 1. The van der Waals surface area contributed by atoms with Crippen LogP contribution < -0.4 is 0 Å². The molecule has 3 heteroatoms. The maximum absolute atomic E-state index is 11.7. The molecule has 2 rings (SSSR count). The average Bonchev–Trinajstić information content (AvgIpc) is 2.58. The Balaban J connectivity index is 2.24. The zero-order chi connectivity index (χ0) is 13.4. The molecular weight excluding hydrogens is 224 g/mol. The third kappa shape index (κ3) is 2.36. The zero-order valence-corrected chi connectivity index (χ0v) is 12.1. The van der Waals surface area contributed by atoms with E-state index in [9.17, 15) is 4.79 Å². The molecule has 1 aliphatic carbocycles. The van der Waals surface area contributed by atoms with Crippen LogP contribution in [0.3, 0.4) is 0 Å². The maximum Gasteiger partial charge on any atom is 0.239 e. The first-order valence-corrected chi connectivity index (χ1v) is 6.91. The Kier molecular flexibility index (Phi) is 3.60. The van der Waals surface area contributed by atoms with Crippen LogP contribution in [-0.4, -0.2) is 22.7 Å². The molecule has 1 amide bonds. The molecule has 0 aromatic heterocycles. The summed E-state index contributed by atoms with van der Waals surface area (Å²) in [4.78, 5) is 11.7. The molecular formula is C15H24N2O. The van der Waals surface area contributed by atoms with Gasteiger partial charge >= 0.3 is 0 Å². The lowest BCUT2D eigenvalue weighted by Crippen LogP contribution is -2.43. The summed E-state index contributed by atoms with van der Waals surface area (Å²) in [5.41, 5.74) is 2.57. The Hall–Kier alpha value is -1.12. The summed E-state index contributed by atoms with van der Waals surface area (Å²) >= 11 is 0. The molecule has 18 heavy (non-hydrogen) atoms. The van der Waals surface area contributed by atoms with E-state index in [4.69, 9.17) is 0 Å². The lowest BCUT2D eigenvalue weighted by Gasteiger charge is -2.39. The Labute approximate surface area is 110 Å². The predicted molar refractivity (Wildman–Crippen MR) is 74.2 cm³/mol. The molecule has 0 aromatic rings. The van der Waals surface area contributed by atoms with Gasteiger partial charge in [-0.1, -0.05) is 25.5 Å². The third-order valence-corrected chi connectivity index (χ3v) is 4.32. The van der Waals surface area contributed by atoms with Crippen LogP contribution in [-0.2, 0) is 4.79 Å². The molecule has 0 N–H and O–H groups in total. The van der Waals surface area contributed by atoms with Crippen molar-refractivity contribution in [3.05, 3.63) is 11.6 Å². The van der Waals surface area contributed by atoms with E-state index in [0.717, 1.165) is 18.6 Å². The fourth-order valence-electron chi connectivity index (χ4n) is 3.81. The van der Waals surface area contributed by atoms with E-state index in [-0.39, 0.29) is 11.9 Å². The van der Waals surface area contributed by atoms with Gasteiger partial charge in [0.15, 0.2) is 0 Å². The molecule has 0 spiro atoms. The fourth-order valence-corrected chi connectivity index (χ4v) is 3.81. The van der Waals surface area contributed by atoms with E-state index in [0.29, 0.717) is 17.8 Å². The topological polar surface area (TPSA) is 32.7 Å². The number of carbonyl (C=O) groups is 1. The van der Waals surface area contributed by atoms with Gasteiger partial charge in [-0.2, -0.15) is 5.10 Å². The largest absolute Gasteiger partial charge is 0.273 e. The SMILES string of the molecule is CC(=O)N1N=C(C)C[C@@H]1[C@@H]1[C@H](C)C=C(C)C[C@@H]1C. The normalized spacial score (nSPS) is 36.4. The van der Waals surface area contributed by atoms with Crippen molar-refractivity contribution in [3.8, 4) is 0 Å². The molecule has 0 aromatic carbocycles. The van der Waals surface area contributed by atoms with Gasteiger partial charge in [0.2, 0.25) is 5.91 Å². The second-order valence-electron chi connectivity index (χ2n) is 6.10. The maximum atomic E-state index is 11.7. The minimum Gasteiger partial charge on any atom is -0.273 e. The Bertz CT molecular complexity index is 411. The van der Waals surface area contributed by atoms with Gasteiger partial charge in [-0.15, -0.1) is 0 Å². The van der Waals surface area contributed by atoms with E-state index in [1.807, 2.05) is 6.92 Å². The summed E-state index contributed by atoms with van der Waals surface area (Å²) in [6.45, 7) is 10.4. The van der Waals surface area contributed by atoms with E-state index >= 15 is 0 Å². The van der Waals surface area contributed by atoms with Crippen LogP contribution in [0.25, 0.3) is 0 Å². The summed E-state index contributed by atoms with van der Waals surface area (Å²) < 4.78 is 0. The number of allylic oxidation sites excluding steroid dienone is 2. The molecule has 0 fully saturated rings. The standard InChI is InChI=1S/C15H24N2O/c1-9-6-10(2)15(11(3)7-9)14-8-12(4)16-17(14)13(5)18/h6,10-11,14-15H,7-8H2,1-5H3/t10-,11+,14-,15-/m1/s1. The highest BCUT2D eigenvalue weighted by Crippen LogP contribution is 2.40. The third-order valence-electron chi connectivity index (χ3n) is 4.32. The number of hydrogen-bond donors (Lipinski definition) is 0. The van der Waals surface area contributed by atoms with Crippen molar-refractivity contribution in [2.24, 2.45) is 22.9 Å². The van der Waals surface area contributed by atoms with Crippen molar-refractivity contribution >= 4 is 11.6 Å². The molecule has 0 radical (unpaired) electrons. The summed E-state index contributed by atoms with van der Waals surface area (Å²) in [7, 11) is 0. The van der Waals surface area contributed by atoms with Crippen molar-refractivity contribution < 1.29 is 4.79 Å². The van der Waals surface area contributed by atoms with Gasteiger partial charge in [0.1, 0.15) is 0 Å². The summed E-state index contributed by atoms with van der Waals surface area (Å²) in [5, 5.41) is 6.14. The van der Waals surface area contributed by atoms with E-state index in [2.05, 4.69) is 31.9 Å². The van der Waals surface area contributed by atoms with Crippen LogP contribution >= 0.6 is 0 Å². The Morgan fingerprint density at radius 1 is 1.33 bits per heavy atom. The molecule has 0 bridgehead atoms. The molecule has 0 unspecified atom stereocenters. The number of nitrogens with zero attached hydrogens (tertiary/aromatic N) is 2. The van der Waals surface area contributed by atoms with Gasteiger partial charge in [0, 0.05) is 19.1 Å². The van der Waals surface area contributed by atoms with Crippen LogP contribution in [0.5, 0.6) is 0 Å². The first kappa shape index (κ1) is 13.3. The lowest BCUT2D eigenvalue weighted by molar-refractivity contribution is -0.132. The number of carbonyl (C=O) groups excluding carboxylic acids is 1. The summed E-state index contributed by atoms with van der Waals surface area (Å²) in [5.74, 6) is 1.75. The van der Waals surface area contributed by atoms with Crippen molar-refractivity contribution in [2.75, 3.05) is 0 Å². The van der Waals surface area contributed by atoms with Gasteiger partial charge in [0.05, 0.1) is 6.04 Å². The van der Waals surface area contributed by atoms with Crippen molar-refractivity contribution in [3.63, 3.8) is 0 Å². The molecule has 100 valence electrons. The molecule has 1 heterocycles. The first-order chi connectivity index (χ1) is 8.40. The quantitative estimate of drug-likeness (QED) is 0.656. The van der Waals surface area contributed by atoms with Gasteiger partial charge < -0.3 is 0 Å². The van der Waals surface area contributed by atoms with E-state index in [1.165, 1.54) is 5.57 Å². The number of rotatable bonds is 1. The number of hydrogen-bond acceptors (Lipinski definition) is 2. The second kappa shape index (κ2) is 4.87. The number of amides is 1. The van der Waals surface area contributed by atoms with Crippen molar-refractivity contribution in [1.82, 2.24) is 5.01 Å². The highest BCUT2D eigenvalue weighted by Gasteiger charge is 2.40. The van der Waals surface area contributed by atoms with Gasteiger partial charge in [-0.25, -0.2) is 5.01 Å². The monoisotopic (exact) mass is 248 g/mol. The zero-order valence-electron chi connectivity index (χ0n) is 12.1. The Morgan fingerprint density at radius 3 is 2.56 bits per heavy atom. The average molecular weight is 248 g/mol. The summed E-state index contributed by atoms with van der Waals surface area (Å²) in [6.07, 6.45) is 4.46. The van der Waals surface area contributed by atoms with Gasteiger partial charge in [0.25, 0.3) is 0 Å². The smallest absolute Gasteiger partial charge is 0.239 e. The highest BCUT2D eigenvalue weighted by molar-refractivity contribution is 5.87. The lowest BCUT2D eigenvalue weighted by atomic mass is 9.70. The van der Waals surface area contributed by atoms with Crippen LogP contribution in [0.15, 0.2) is 16.8 Å². The van der Waals surface area contributed by atoms with Crippen LogP contribution in [0.2, 0.25) is 0 Å². The van der Waals surface area contributed by atoms with Crippen LogP contribution in [0, 0.1) is 17.8 Å². The molecule has 1 aliphatic heterocycles. The fraction of sp³-hybridized carbons (Fsp3) is 0.733. The van der Waals surface area contributed by atoms with Crippen LogP contribution in [0.1, 0.15) is 47.5 Å². The highest BCUT2D eigenvalue weighted by atomic mass is 16.2. The van der Waals surface area contributed by atoms with E-state index in [1.54, 1.807) is 11.9 Å². The van der Waals surface area contributed by atoms with Crippen molar-refractivity contribution in [1.29, 1.82) is 0 Å². The summed E-state index contributed by atoms with van der Waals surface area (Å²) in [6, 6.07) is 0.261. The van der Waals surface area contributed by atoms with Gasteiger partial charge in [-0.3, -0.25) is 4.79 Å². The molecule has 0 saturated heterocycles.